The van der Waals surface area contributed by atoms with Gasteiger partial charge in [0, 0.05) is 11.6 Å². The van der Waals surface area contributed by atoms with Crippen LogP contribution in [-0.4, -0.2) is 16.6 Å². The van der Waals surface area contributed by atoms with Gasteiger partial charge in [-0.3, -0.25) is 14.9 Å². The molecule has 0 spiro atoms. The van der Waals surface area contributed by atoms with E-state index in [0.717, 1.165) is 12.1 Å². The fraction of sp³-hybridized carbons (Fsp3) is 0.222. The summed E-state index contributed by atoms with van der Waals surface area (Å²) >= 11 is 5.30. The molecule has 0 amide bonds. The molecule has 0 aromatic heterocycles. The molecular weight excluding hydrogens is 225 g/mol. The lowest BCUT2D eigenvalue weighted by Crippen LogP contribution is -2.06. The minimum absolute atomic E-state index is 0.0447. The maximum atomic E-state index is 13.2. The van der Waals surface area contributed by atoms with Gasteiger partial charge < -0.3 is 0 Å². The van der Waals surface area contributed by atoms with Crippen LogP contribution in [0.2, 0.25) is 0 Å². The maximum absolute atomic E-state index is 13.2. The summed E-state index contributed by atoms with van der Waals surface area (Å²) in [6, 6.07) is 1.81. The van der Waals surface area contributed by atoms with E-state index in [4.69, 9.17) is 11.6 Å². The Bertz CT molecular complexity index is 434. The maximum Gasteiger partial charge on any atom is 0.273 e. The lowest BCUT2D eigenvalue weighted by molar-refractivity contribution is -0.385. The molecule has 0 unspecified atom stereocenters. The molecule has 0 aliphatic carbocycles. The first-order valence-corrected chi connectivity index (χ1v) is 4.54. The number of halogens is 2. The van der Waals surface area contributed by atoms with Crippen molar-refractivity contribution >= 4 is 23.1 Å². The zero-order chi connectivity index (χ0) is 11.6. The molecule has 1 rings (SSSR count). The summed E-state index contributed by atoms with van der Waals surface area (Å²) in [6.07, 6.45) is 0. The van der Waals surface area contributed by atoms with E-state index in [9.17, 15) is 19.3 Å². The average molecular weight is 232 g/mol. The Labute approximate surface area is 89.8 Å². The third-order valence-electron chi connectivity index (χ3n) is 1.96. The van der Waals surface area contributed by atoms with E-state index < -0.39 is 22.2 Å². The molecule has 0 saturated carbocycles. The van der Waals surface area contributed by atoms with Gasteiger partial charge in [0.05, 0.1) is 16.9 Å². The van der Waals surface area contributed by atoms with Gasteiger partial charge in [0.2, 0.25) is 0 Å². The summed E-state index contributed by atoms with van der Waals surface area (Å²) in [6.45, 7) is 1.37. The van der Waals surface area contributed by atoms with Gasteiger partial charge in [-0.05, 0) is 12.5 Å². The monoisotopic (exact) mass is 231 g/mol. The van der Waals surface area contributed by atoms with E-state index in [1.165, 1.54) is 6.92 Å². The van der Waals surface area contributed by atoms with Crippen molar-refractivity contribution in [3.8, 4) is 0 Å². The first kappa shape index (κ1) is 11.6. The molecule has 0 aliphatic heterocycles. The Morgan fingerprint density at radius 1 is 1.60 bits per heavy atom. The van der Waals surface area contributed by atoms with Gasteiger partial charge in [-0.15, -0.1) is 11.6 Å². The molecule has 1 aromatic carbocycles. The van der Waals surface area contributed by atoms with E-state index in [0.29, 0.717) is 0 Å². The number of rotatable bonds is 3. The Morgan fingerprint density at radius 2 is 2.20 bits per heavy atom. The van der Waals surface area contributed by atoms with Crippen LogP contribution in [-0.2, 0) is 0 Å². The number of nitro benzene ring substituents is 1. The summed E-state index contributed by atoms with van der Waals surface area (Å²) in [5.74, 6) is -1.64. The molecule has 4 nitrogen and oxygen atoms in total. The average Bonchev–Trinajstić information content (AvgIpc) is 2.20. The van der Waals surface area contributed by atoms with Crippen molar-refractivity contribution < 1.29 is 14.1 Å². The van der Waals surface area contributed by atoms with Gasteiger partial charge in [0.25, 0.3) is 5.69 Å². The smallest absolute Gasteiger partial charge is 0.273 e. The summed E-state index contributed by atoms with van der Waals surface area (Å²) < 4.78 is 13.2. The summed E-state index contributed by atoms with van der Waals surface area (Å²) in [7, 11) is 0. The Kier molecular flexibility index (Phi) is 3.36. The van der Waals surface area contributed by atoms with Crippen LogP contribution in [0.15, 0.2) is 12.1 Å². The second-order valence-electron chi connectivity index (χ2n) is 2.91. The van der Waals surface area contributed by atoms with Crippen LogP contribution in [0.1, 0.15) is 15.9 Å². The van der Waals surface area contributed by atoms with Crippen molar-refractivity contribution in [2.45, 2.75) is 6.92 Å². The normalized spacial score (nSPS) is 10.1. The quantitative estimate of drug-likeness (QED) is 0.347. The largest absolute Gasteiger partial charge is 0.293 e. The number of carbonyl (C=O) groups excluding carboxylic acids is 1. The molecule has 1 aromatic rings. The van der Waals surface area contributed by atoms with Crippen molar-refractivity contribution in [1.29, 1.82) is 0 Å². The number of nitro groups is 1. The van der Waals surface area contributed by atoms with Crippen LogP contribution >= 0.6 is 11.6 Å². The number of ketones is 1. The van der Waals surface area contributed by atoms with Crippen molar-refractivity contribution in [3.63, 3.8) is 0 Å². The van der Waals surface area contributed by atoms with Crippen molar-refractivity contribution in [2.75, 3.05) is 5.88 Å². The number of Topliss-reactive ketones (excluding diaryl/α,β-unsaturated/α-hetero) is 1. The van der Waals surface area contributed by atoms with E-state index in [2.05, 4.69) is 0 Å². The molecule has 0 N–H and O–H groups in total. The highest BCUT2D eigenvalue weighted by Gasteiger charge is 2.17. The van der Waals surface area contributed by atoms with E-state index >= 15 is 0 Å². The topological polar surface area (TPSA) is 60.2 Å². The minimum atomic E-state index is -0.780. The first-order valence-electron chi connectivity index (χ1n) is 4.01. The second-order valence-corrected chi connectivity index (χ2v) is 3.18. The van der Waals surface area contributed by atoms with E-state index in [1.807, 2.05) is 0 Å². The molecule has 0 bridgehead atoms. The molecule has 0 radical (unpaired) electrons. The highest BCUT2D eigenvalue weighted by atomic mass is 35.5. The number of benzene rings is 1. The standard InChI is InChI=1S/C9H7ClFNO3/c1-5-7(9(13)4-10)2-6(12(14)15)3-8(5)11/h2-3H,4H2,1H3. The number of non-ortho nitro benzene ring substituents is 1. The van der Waals surface area contributed by atoms with Gasteiger partial charge in [-0.1, -0.05) is 0 Å². The molecule has 80 valence electrons. The number of carbonyl (C=O) groups is 1. The number of hydrogen-bond acceptors (Lipinski definition) is 3. The summed E-state index contributed by atoms with van der Waals surface area (Å²) in [4.78, 5) is 20.9. The van der Waals surface area contributed by atoms with Crippen molar-refractivity contribution in [2.24, 2.45) is 0 Å². The van der Waals surface area contributed by atoms with Gasteiger partial charge >= 0.3 is 0 Å². The first-order chi connectivity index (χ1) is 6.97. The Balaban J connectivity index is 3.37. The summed E-state index contributed by atoms with van der Waals surface area (Å²) in [5.41, 5.74) is -0.422. The third kappa shape index (κ3) is 2.30. The fourth-order valence-corrected chi connectivity index (χ4v) is 1.28. The predicted octanol–water partition coefficient (Wildman–Crippen LogP) is 2.46. The number of nitrogens with zero attached hydrogens (tertiary/aromatic N) is 1. The molecule has 0 heterocycles. The molecular formula is C9H7ClFNO3. The number of alkyl halides is 1. The highest BCUT2D eigenvalue weighted by Crippen LogP contribution is 2.21. The lowest BCUT2D eigenvalue weighted by atomic mass is 10.0. The van der Waals surface area contributed by atoms with Crippen LogP contribution in [0.5, 0.6) is 0 Å². The third-order valence-corrected chi connectivity index (χ3v) is 2.20. The molecule has 0 fully saturated rings. The zero-order valence-electron chi connectivity index (χ0n) is 7.79. The fourth-order valence-electron chi connectivity index (χ4n) is 1.13. The van der Waals surface area contributed by atoms with Gasteiger partial charge in [-0.2, -0.15) is 0 Å². The van der Waals surface area contributed by atoms with E-state index in [-0.39, 0.29) is 17.0 Å². The molecule has 6 heteroatoms. The second kappa shape index (κ2) is 4.35. The van der Waals surface area contributed by atoms with Crippen LogP contribution in [0, 0.1) is 22.9 Å². The van der Waals surface area contributed by atoms with Crippen molar-refractivity contribution in [1.82, 2.24) is 0 Å². The molecule has 15 heavy (non-hydrogen) atoms. The Morgan fingerprint density at radius 3 is 2.67 bits per heavy atom. The van der Waals surface area contributed by atoms with Crippen LogP contribution < -0.4 is 0 Å². The van der Waals surface area contributed by atoms with Gasteiger partial charge in [0.1, 0.15) is 5.82 Å². The number of hydrogen-bond donors (Lipinski definition) is 0. The SMILES string of the molecule is Cc1c(F)cc([N+](=O)[O-])cc1C(=O)CCl. The van der Waals surface area contributed by atoms with Gasteiger partial charge in [-0.25, -0.2) is 4.39 Å². The van der Waals surface area contributed by atoms with Gasteiger partial charge in [0.15, 0.2) is 5.78 Å². The molecule has 0 saturated heterocycles. The van der Waals surface area contributed by atoms with Crippen LogP contribution in [0.3, 0.4) is 0 Å². The Hall–Kier alpha value is -1.49. The van der Waals surface area contributed by atoms with Crippen LogP contribution in [0.25, 0.3) is 0 Å². The highest BCUT2D eigenvalue weighted by molar-refractivity contribution is 6.30. The predicted molar refractivity (Wildman–Crippen MR) is 52.8 cm³/mol. The molecule has 0 atom stereocenters. The van der Waals surface area contributed by atoms with Crippen molar-refractivity contribution in [3.05, 3.63) is 39.2 Å². The lowest BCUT2D eigenvalue weighted by Gasteiger charge is -2.03. The molecule has 0 aliphatic rings. The van der Waals surface area contributed by atoms with Crippen LogP contribution in [0.4, 0.5) is 10.1 Å². The van der Waals surface area contributed by atoms with E-state index in [1.54, 1.807) is 0 Å². The zero-order valence-corrected chi connectivity index (χ0v) is 8.55. The summed E-state index contributed by atoms with van der Waals surface area (Å²) in [5, 5.41) is 10.4. The minimum Gasteiger partial charge on any atom is -0.293 e.